The molecule has 0 radical (unpaired) electrons. The first-order valence-corrected chi connectivity index (χ1v) is 6.28. The summed E-state index contributed by atoms with van der Waals surface area (Å²) in [6, 6.07) is 3.53. The average Bonchev–Trinajstić information content (AvgIpc) is 2.59. The largest absolute Gasteiger partial charge is 0.310 e. The molecule has 0 spiro atoms. The van der Waals surface area contributed by atoms with E-state index in [2.05, 4.69) is 19.2 Å². The second kappa shape index (κ2) is 6.26. The van der Waals surface area contributed by atoms with Crippen LogP contribution in [0.5, 0.6) is 0 Å². The normalized spacial score (nSPS) is 10.9. The second-order valence-electron chi connectivity index (χ2n) is 3.89. The van der Waals surface area contributed by atoms with Gasteiger partial charge >= 0.3 is 0 Å². The number of ketones is 1. The molecular weight excluding hydrogens is 230 g/mol. The van der Waals surface area contributed by atoms with Crippen molar-refractivity contribution in [1.29, 1.82) is 0 Å². The molecule has 1 aromatic heterocycles. The Morgan fingerprint density at radius 2 is 2.27 bits per heavy atom. The number of halogens is 1. The third kappa shape index (κ3) is 4.78. The van der Waals surface area contributed by atoms with Crippen LogP contribution in [0, 0.1) is 5.92 Å². The number of carbonyl (C=O) groups is 1. The quantitative estimate of drug-likeness (QED) is 0.616. The van der Waals surface area contributed by atoms with Crippen LogP contribution in [0.25, 0.3) is 0 Å². The van der Waals surface area contributed by atoms with Crippen molar-refractivity contribution < 1.29 is 4.79 Å². The Morgan fingerprint density at radius 3 is 2.80 bits per heavy atom. The molecule has 0 saturated carbocycles. The Hall–Kier alpha value is -0.380. The van der Waals surface area contributed by atoms with E-state index in [-0.39, 0.29) is 5.78 Å². The van der Waals surface area contributed by atoms with Crippen molar-refractivity contribution in [2.24, 2.45) is 5.92 Å². The molecule has 15 heavy (non-hydrogen) atoms. The molecule has 84 valence electrons. The van der Waals surface area contributed by atoms with Gasteiger partial charge in [0.1, 0.15) is 0 Å². The summed E-state index contributed by atoms with van der Waals surface area (Å²) in [7, 11) is 0. The molecular formula is C11H16ClNOS. The predicted molar refractivity (Wildman–Crippen MR) is 66.0 cm³/mol. The molecule has 0 bridgehead atoms. The Morgan fingerprint density at radius 1 is 1.53 bits per heavy atom. The summed E-state index contributed by atoms with van der Waals surface area (Å²) in [5.41, 5.74) is 0. The molecule has 0 aromatic carbocycles. The van der Waals surface area contributed by atoms with Crippen molar-refractivity contribution in [3.8, 4) is 0 Å². The van der Waals surface area contributed by atoms with E-state index in [1.807, 2.05) is 0 Å². The highest BCUT2D eigenvalue weighted by Gasteiger charge is 2.07. The highest BCUT2D eigenvalue weighted by Crippen LogP contribution is 2.21. The van der Waals surface area contributed by atoms with Crippen molar-refractivity contribution in [2.45, 2.75) is 20.3 Å². The van der Waals surface area contributed by atoms with Crippen LogP contribution in [0.3, 0.4) is 0 Å². The topological polar surface area (TPSA) is 29.1 Å². The van der Waals surface area contributed by atoms with Gasteiger partial charge in [0.15, 0.2) is 5.78 Å². The average molecular weight is 246 g/mol. The maximum absolute atomic E-state index is 11.6. The minimum Gasteiger partial charge on any atom is -0.310 e. The highest BCUT2D eigenvalue weighted by molar-refractivity contribution is 7.18. The summed E-state index contributed by atoms with van der Waals surface area (Å²) < 4.78 is 0.667. The summed E-state index contributed by atoms with van der Waals surface area (Å²) in [5.74, 6) is 0.791. The first-order valence-electron chi connectivity index (χ1n) is 5.09. The van der Waals surface area contributed by atoms with Crippen LogP contribution in [0.2, 0.25) is 4.34 Å². The van der Waals surface area contributed by atoms with Gasteiger partial charge in [-0.25, -0.2) is 0 Å². The van der Waals surface area contributed by atoms with Gasteiger partial charge in [-0.3, -0.25) is 4.79 Å². The number of thiophene rings is 1. The van der Waals surface area contributed by atoms with Crippen molar-refractivity contribution in [2.75, 3.05) is 13.1 Å². The number of hydrogen-bond donors (Lipinski definition) is 1. The van der Waals surface area contributed by atoms with Crippen LogP contribution in [0.4, 0.5) is 0 Å². The first kappa shape index (κ1) is 12.7. The lowest BCUT2D eigenvalue weighted by molar-refractivity contribution is 0.0994. The van der Waals surface area contributed by atoms with Crippen LogP contribution >= 0.6 is 22.9 Å². The third-order valence-electron chi connectivity index (χ3n) is 2.03. The van der Waals surface area contributed by atoms with Crippen LogP contribution in [-0.4, -0.2) is 18.9 Å². The standard InChI is InChI=1S/C11H16ClNOS/c1-8(2)5-6-13-7-9(14)10-3-4-11(12)15-10/h3-4,8,13H,5-7H2,1-2H3. The van der Waals surface area contributed by atoms with E-state index in [0.717, 1.165) is 17.8 Å². The Kier molecular flexibility index (Phi) is 5.29. The lowest BCUT2D eigenvalue weighted by atomic mass is 10.1. The van der Waals surface area contributed by atoms with E-state index >= 15 is 0 Å². The van der Waals surface area contributed by atoms with Crippen LogP contribution < -0.4 is 5.32 Å². The zero-order valence-corrected chi connectivity index (χ0v) is 10.6. The molecule has 1 N–H and O–H groups in total. The van der Waals surface area contributed by atoms with E-state index in [0.29, 0.717) is 16.8 Å². The lowest BCUT2D eigenvalue weighted by Gasteiger charge is -2.05. The molecule has 0 unspecified atom stereocenters. The molecule has 1 heterocycles. The Bertz CT molecular complexity index is 322. The molecule has 0 atom stereocenters. The number of hydrogen-bond acceptors (Lipinski definition) is 3. The van der Waals surface area contributed by atoms with E-state index in [1.165, 1.54) is 11.3 Å². The van der Waals surface area contributed by atoms with Gasteiger partial charge in [0, 0.05) is 0 Å². The molecule has 2 nitrogen and oxygen atoms in total. The lowest BCUT2D eigenvalue weighted by Crippen LogP contribution is -2.24. The number of carbonyl (C=O) groups excluding carboxylic acids is 1. The van der Waals surface area contributed by atoms with Gasteiger partial charge < -0.3 is 5.32 Å². The molecule has 0 amide bonds. The van der Waals surface area contributed by atoms with Gasteiger partial charge in [-0.2, -0.15) is 0 Å². The minimum atomic E-state index is 0.121. The zero-order chi connectivity index (χ0) is 11.3. The maximum Gasteiger partial charge on any atom is 0.186 e. The molecule has 1 aromatic rings. The van der Waals surface area contributed by atoms with Gasteiger partial charge in [0.25, 0.3) is 0 Å². The molecule has 0 aliphatic heterocycles. The van der Waals surface area contributed by atoms with Crippen molar-refractivity contribution in [1.82, 2.24) is 5.32 Å². The first-order chi connectivity index (χ1) is 7.09. The summed E-state index contributed by atoms with van der Waals surface area (Å²) in [6.07, 6.45) is 1.10. The molecule has 1 rings (SSSR count). The molecule has 0 saturated heterocycles. The molecule has 0 aliphatic rings. The van der Waals surface area contributed by atoms with Crippen molar-refractivity contribution in [3.63, 3.8) is 0 Å². The maximum atomic E-state index is 11.6. The van der Waals surface area contributed by atoms with E-state index in [9.17, 15) is 4.79 Å². The Balaban J connectivity index is 2.25. The second-order valence-corrected chi connectivity index (χ2v) is 5.60. The SMILES string of the molecule is CC(C)CCNCC(=O)c1ccc(Cl)s1. The fourth-order valence-electron chi connectivity index (χ4n) is 1.14. The summed E-state index contributed by atoms with van der Waals surface area (Å²) in [6.45, 7) is 5.64. The van der Waals surface area contributed by atoms with Gasteiger partial charge in [-0.1, -0.05) is 25.4 Å². The third-order valence-corrected chi connectivity index (χ3v) is 3.30. The fourth-order valence-corrected chi connectivity index (χ4v) is 2.12. The Labute approximate surface area is 99.6 Å². The highest BCUT2D eigenvalue weighted by atomic mass is 35.5. The van der Waals surface area contributed by atoms with Crippen molar-refractivity contribution >= 4 is 28.7 Å². The molecule has 0 aliphatic carbocycles. The van der Waals surface area contributed by atoms with Crippen LogP contribution in [0.1, 0.15) is 29.9 Å². The van der Waals surface area contributed by atoms with E-state index in [1.54, 1.807) is 12.1 Å². The smallest absolute Gasteiger partial charge is 0.186 e. The molecule has 0 fully saturated rings. The van der Waals surface area contributed by atoms with E-state index in [4.69, 9.17) is 11.6 Å². The summed E-state index contributed by atoms with van der Waals surface area (Å²) >= 11 is 7.09. The van der Waals surface area contributed by atoms with Crippen LogP contribution in [0.15, 0.2) is 12.1 Å². The summed E-state index contributed by atoms with van der Waals surface area (Å²) in [4.78, 5) is 12.3. The zero-order valence-electron chi connectivity index (χ0n) is 9.05. The van der Waals surface area contributed by atoms with Crippen LogP contribution in [-0.2, 0) is 0 Å². The van der Waals surface area contributed by atoms with E-state index < -0.39 is 0 Å². The van der Waals surface area contributed by atoms with Crippen molar-refractivity contribution in [3.05, 3.63) is 21.3 Å². The van der Waals surface area contributed by atoms with Gasteiger partial charge in [-0.15, -0.1) is 11.3 Å². The molecule has 4 heteroatoms. The summed E-state index contributed by atoms with van der Waals surface area (Å²) in [5, 5.41) is 3.14. The number of rotatable bonds is 6. The van der Waals surface area contributed by atoms with Gasteiger partial charge in [0.05, 0.1) is 15.8 Å². The predicted octanol–water partition coefficient (Wildman–Crippen LogP) is 3.22. The number of Topliss-reactive ketones (excluding diaryl/α,β-unsaturated/α-hetero) is 1. The number of nitrogens with one attached hydrogen (secondary N) is 1. The van der Waals surface area contributed by atoms with Gasteiger partial charge in [0.2, 0.25) is 0 Å². The van der Waals surface area contributed by atoms with Gasteiger partial charge in [-0.05, 0) is 31.0 Å². The fraction of sp³-hybridized carbons (Fsp3) is 0.545. The minimum absolute atomic E-state index is 0.121. The monoisotopic (exact) mass is 245 g/mol.